The lowest BCUT2D eigenvalue weighted by atomic mass is 9.79. The number of hydrogen-bond acceptors (Lipinski definition) is 4. The molecule has 4 rings (SSSR count). The van der Waals surface area contributed by atoms with Crippen LogP contribution in [0.25, 0.3) is 11.3 Å². The van der Waals surface area contributed by atoms with Crippen LogP contribution in [-0.2, 0) is 18.2 Å². The Balaban J connectivity index is 1.83. The minimum atomic E-state index is -0.528. The molecule has 0 unspecified atom stereocenters. The molecule has 0 aliphatic rings. The van der Waals surface area contributed by atoms with Gasteiger partial charge in [0.15, 0.2) is 16.7 Å². The molecule has 0 fully saturated rings. The van der Waals surface area contributed by atoms with Gasteiger partial charge in [-0.25, -0.2) is 13.8 Å². The molecule has 0 N–H and O–H groups in total. The van der Waals surface area contributed by atoms with E-state index < -0.39 is 5.41 Å². The van der Waals surface area contributed by atoms with Gasteiger partial charge in [0.05, 0.1) is 25.6 Å². The van der Waals surface area contributed by atoms with E-state index in [4.69, 9.17) is 26.1 Å². The van der Waals surface area contributed by atoms with Crippen LogP contribution in [0.3, 0.4) is 0 Å². The Hall–Kier alpha value is -3.03. The Morgan fingerprint density at radius 2 is 1.67 bits per heavy atom. The molecule has 3 aromatic carbocycles. The van der Waals surface area contributed by atoms with E-state index in [0.717, 1.165) is 22.5 Å². The van der Waals surface area contributed by atoms with Crippen molar-refractivity contribution in [2.75, 3.05) is 14.2 Å². The quantitative estimate of drug-likeness (QED) is 0.220. The topological polar surface area (TPSA) is 36.3 Å². The Bertz CT molecular complexity index is 1370. The molecule has 0 aliphatic heterocycles. The summed E-state index contributed by atoms with van der Waals surface area (Å²) in [7, 11) is 5.14. The van der Waals surface area contributed by atoms with E-state index in [-0.39, 0.29) is 11.6 Å². The van der Waals surface area contributed by atoms with Crippen LogP contribution >= 0.6 is 23.4 Å². The number of imidazole rings is 1. The summed E-state index contributed by atoms with van der Waals surface area (Å²) in [6.07, 6.45) is 0. The number of benzene rings is 3. The molecule has 0 bridgehead atoms. The molecule has 4 aromatic rings. The summed E-state index contributed by atoms with van der Waals surface area (Å²) in [5.41, 5.74) is 3.31. The predicted molar refractivity (Wildman–Crippen MR) is 141 cm³/mol. The Kier molecular flexibility index (Phi) is 7.62. The molecule has 36 heavy (non-hydrogen) atoms. The maximum Gasteiger partial charge on any atom is 0.168 e. The van der Waals surface area contributed by atoms with E-state index in [1.807, 2.05) is 29.8 Å². The summed E-state index contributed by atoms with van der Waals surface area (Å²) in [6, 6.07) is 16.8. The predicted octanol–water partition coefficient (Wildman–Crippen LogP) is 7.65. The number of methoxy groups -OCH3 is 2. The van der Waals surface area contributed by atoms with Gasteiger partial charge < -0.3 is 14.0 Å². The van der Waals surface area contributed by atoms with Crippen molar-refractivity contribution in [2.24, 2.45) is 7.05 Å². The summed E-state index contributed by atoms with van der Waals surface area (Å²) in [4.78, 5) is 4.93. The van der Waals surface area contributed by atoms with Gasteiger partial charge in [0.2, 0.25) is 0 Å². The third kappa shape index (κ3) is 4.95. The number of nitrogens with zero attached hydrogens (tertiary/aromatic N) is 2. The van der Waals surface area contributed by atoms with Crippen LogP contribution in [-0.4, -0.2) is 23.8 Å². The van der Waals surface area contributed by atoms with Crippen LogP contribution in [0.2, 0.25) is 5.02 Å². The fourth-order valence-corrected chi connectivity index (χ4v) is 5.62. The molecule has 0 aliphatic carbocycles. The minimum absolute atomic E-state index is 0.315. The molecule has 0 atom stereocenters. The van der Waals surface area contributed by atoms with Crippen molar-refractivity contribution in [2.45, 2.75) is 30.2 Å². The minimum Gasteiger partial charge on any atom is -0.493 e. The summed E-state index contributed by atoms with van der Waals surface area (Å²) in [5.74, 6) is 0.902. The lowest BCUT2D eigenvalue weighted by Crippen LogP contribution is -2.23. The summed E-state index contributed by atoms with van der Waals surface area (Å²) in [6.45, 7) is 4.20. The van der Waals surface area contributed by atoms with E-state index in [2.05, 4.69) is 13.8 Å². The van der Waals surface area contributed by atoms with Crippen LogP contribution in [0.1, 0.15) is 30.7 Å². The molecule has 0 amide bonds. The van der Waals surface area contributed by atoms with E-state index in [9.17, 15) is 8.78 Å². The summed E-state index contributed by atoms with van der Waals surface area (Å²) in [5, 5.41) is 1.07. The SMILES string of the molecule is COc1ccc(C(C)(C)c2c(-c3ccc(F)cc3)nc(SCc3c(F)cccc3Cl)n2C)cc1OC. The number of aromatic nitrogens is 2. The molecule has 0 radical (unpaired) electrons. The second-order valence-electron chi connectivity index (χ2n) is 8.84. The highest BCUT2D eigenvalue weighted by Gasteiger charge is 2.33. The van der Waals surface area contributed by atoms with Crippen molar-refractivity contribution >= 4 is 23.4 Å². The molecule has 188 valence electrons. The number of halogens is 3. The highest BCUT2D eigenvalue weighted by molar-refractivity contribution is 7.98. The first-order valence-electron chi connectivity index (χ1n) is 11.3. The van der Waals surface area contributed by atoms with Gasteiger partial charge in [-0.1, -0.05) is 49.3 Å². The third-order valence-corrected chi connectivity index (χ3v) is 7.69. The molecule has 1 heterocycles. The average Bonchev–Trinajstić information content (AvgIpc) is 3.20. The van der Waals surface area contributed by atoms with Crippen molar-refractivity contribution < 1.29 is 18.3 Å². The van der Waals surface area contributed by atoms with Crippen LogP contribution in [0, 0.1) is 11.6 Å². The van der Waals surface area contributed by atoms with Crippen LogP contribution < -0.4 is 9.47 Å². The zero-order chi connectivity index (χ0) is 26.0. The molecule has 0 saturated heterocycles. The zero-order valence-electron chi connectivity index (χ0n) is 20.7. The van der Waals surface area contributed by atoms with Gasteiger partial charge in [-0.3, -0.25) is 0 Å². The summed E-state index contributed by atoms with van der Waals surface area (Å²) >= 11 is 7.65. The monoisotopic (exact) mass is 528 g/mol. The number of ether oxygens (including phenoxy) is 2. The van der Waals surface area contributed by atoms with Crippen molar-refractivity contribution in [1.29, 1.82) is 0 Å². The molecule has 0 saturated carbocycles. The second-order valence-corrected chi connectivity index (χ2v) is 10.2. The first kappa shape index (κ1) is 26.0. The molecular formula is C28H27ClF2N2O2S. The second kappa shape index (κ2) is 10.5. The third-order valence-electron chi connectivity index (χ3n) is 6.28. The number of rotatable bonds is 8. The standard InChI is InChI=1S/C28H27ClF2N2O2S/c1-28(2,18-11-14-23(34-4)24(15-18)35-5)26-25(17-9-12-19(30)13-10-17)32-27(33(26)3)36-16-20-21(29)7-6-8-22(20)31/h6-15H,16H2,1-5H3. The normalized spacial score (nSPS) is 11.6. The van der Waals surface area contributed by atoms with Gasteiger partial charge in [-0.15, -0.1) is 0 Å². The van der Waals surface area contributed by atoms with Crippen molar-refractivity contribution in [3.05, 3.63) is 94.1 Å². The molecular weight excluding hydrogens is 502 g/mol. The van der Waals surface area contributed by atoms with Gasteiger partial charge in [0, 0.05) is 34.4 Å². The highest BCUT2D eigenvalue weighted by Crippen LogP contribution is 2.42. The molecule has 4 nitrogen and oxygen atoms in total. The van der Waals surface area contributed by atoms with E-state index >= 15 is 0 Å². The average molecular weight is 529 g/mol. The molecule has 8 heteroatoms. The maximum atomic E-state index is 14.4. The lowest BCUT2D eigenvalue weighted by molar-refractivity contribution is 0.353. The molecule has 1 aromatic heterocycles. The largest absolute Gasteiger partial charge is 0.493 e. The van der Waals surface area contributed by atoms with Gasteiger partial charge in [-0.2, -0.15) is 0 Å². The van der Waals surface area contributed by atoms with Crippen molar-refractivity contribution in [3.8, 4) is 22.8 Å². The highest BCUT2D eigenvalue weighted by atomic mass is 35.5. The first-order chi connectivity index (χ1) is 17.2. The Labute approximate surface area is 219 Å². The van der Waals surface area contributed by atoms with Crippen LogP contribution in [0.15, 0.2) is 65.8 Å². The van der Waals surface area contributed by atoms with E-state index in [1.165, 1.54) is 30.0 Å². The van der Waals surface area contributed by atoms with Gasteiger partial charge in [0.1, 0.15) is 11.6 Å². The van der Waals surface area contributed by atoms with Crippen LogP contribution in [0.4, 0.5) is 8.78 Å². The van der Waals surface area contributed by atoms with Crippen LogP contribution in [0.5, 0.6) is 11.5 Å². The summed E-state index contributed by atoms with van der Waals surface area (Å²) < 4.78 is 41.1. The van der Waals surface area contributed by atoms with E-state index in [1.54, 1.807) is 38.5 Å². The van der Waals surface area contributed by atoms with Gasteiger partial charge in [-0.05, 0) is 54.1 Å². The smallest absolute Gasteiger partial charge is 0.168 e. The zero-order valence-corrected chi connectivity index (χ0v) is 22.3. The van der Waals surface area contributed by atoms with Crippen molar-refractivity contribution in [3.63, 3.8) is 0 Å². The fourth-order valence-electron chi connectivity index (χ4n) is 4.30. The van der Waals surface area contributed by atoms with E-state index in [0.29, 0.717) is 33.0 Å². The fraction of sp³-hybridized carbons (Fsp3) is 0.250. The number of hydrogen-bond donors (Lipinski definition) is 0. The van der Waals surface area contributed by atoms with Gasteiger partial charge in [0.25, 0.3) is 0 Å². The lowest BCUT2D eigenvalue weighted by Gasteiger charge is -2.28. The Morgan fingerprint density at radius 3 is 2.31 bits per heavy atom. The van der Waals surface area contributed by atoms with Crippen molar-refractivity contribution in [1.82, 2.24) is 9.55 Å². The first-order valence-corrected chi connectivity index (χ1v) is 12.6. The Morgan fingerprint density at radius 1 is 0.972 bits per heavy atom. The van der Waals surface area contributed by atoms with Gasteiger partial charge >= 0.3 is 0 Å². The maximum absolute atomic E-state index is 14.4. The number of thioether (sulfide) groups is 1. The molecule has 0 spiro atoms.